The van der Waals surface area contributed by atoms with Crippen LogP contribution in [-0.4, -0.2) is 37.4 Å². The second-order valence-corrected chi connectivity index (χ2v) is 6.50. The maximum atomic E-state index is 12.3. The summed E-state index contributed by atoms with van der Waals surface area (Å²) < 4.78 is 0. The molecule has 0 saturated heterocycles. The number of carbonyl (C=O) groups excluding carboxylic acids is 3. The van der Waals surface area contributed by atoms with E-state index in [9.17, 15) is 14.4 Å². The number of rotatable bonds is 8. The van der Waals surface area contributed by atoms with E-state index >= 15 is 0 Å². The standard InChI is InChI=1S/C21H23N5O3/c1-3-26(13-20(28)24-18-6-4-16(12-22)5-7-18)14-21(29)25-19-10-8-17(9-11-19)23-15(2)27/h4-11H,3,13-14H2,1-2H3,(H,23,27)(H,24,28)(H,25,29)/p+1. The van der Waals surface area contributed by atoms with E-state index in [0.29, 0.717) is 29.2 Å². The summed E-state index contributed by atoms with van der Waals surface area (Å²) in [6.45, 7) is 4.22. The zero-order valence-corrected chi connectivity index (χ0v) is 16.4. The highest BCUT2D eigenvalue weighted by molar-refractivity contribution is 5.93. The Hall–Kier alpha value is -3.70. The fraction of sp³-hybridized carbons (Fsp3) is 0.238. The highest BCUT2D eigenvalue weighted by Gasteiger charge is 2.17. The summed E-state index contributed by atoms with van der Waals surface area (Å²) in [5.41, 5.74) is 2.39. The van der Waals surface area contributed by atoms with Crippen LogP contribution in [0.25, 0.3) is 0 Å². The lowest BCUT2D eigenvalue weighted by atomic mass is 10.2. The van der Waals surface area contributed by atoms with E-state index in [2.05, 4.69) is 16.0 Å². The molecule has 0 aliphatic carbocycles. The van der Waals surface area contributed by atoms with Gasteiger partial charge >= 0.3 is 0 Å². The maximum absolute atomic E-state index is 12.3. The summed E-state index contributed by atoms with van der Waals surface area (Å²) >= 11 is 0. The molecule has 1 atom stereocenters. The normalized spacial score (nSPS) is 11.1. The third kappa shape index (κ3) is 7.44. The summed E-state index contributed by atoms with van der Waals surface area (Å²) in [6.07, 6.45) is 0. The lowest BCUT2D eigenvalue weighted by molar-refractivity contribution is -0.881. The van der Waals surface area contributed by atoms with E-state index in [4.69, 9.17) is 5.26 Å². The van der Waals surface area contributed by atoms with Crippen LogP contribution < -0.4 is 20.9 Å². The first-order valence-corrected chi connectivity index (χ1v) is 9.20. The number of hydrogen-bond donors (Lipinski definition) is 4. The van der Waals surface area contributed by atoms with Gasteiger partial charge in [-0.2, -0.15) is 5.26 Å². The lowest BCUT2D eigenvalue weighted by Crippen LogP contribution is -3.13. The van der Waals surface area contributed by atoms with Gasteiger partial charge < -0.3 is 20.9 Å². The molecule has 2 aromatic rings. The zero-order valence-electron chi connectivity index (χ0n) is 16.4. The van der Waals surface area contributed by atoms with Gasteiger partial charge in [-0.1, -0.05) is 0 Å². The minimum Gasteiger partial charge on any atom is -0.326 e. The fourth-order valence-corrected chi connectivity index (χ4v) is 2.65. The molecule has 0 heterocycles. The molecule has 4 N–H and O–H groups in total. The largest absolute Gasteiger partial charge is 0.326 e. The first-order valence-electron chi connectivity index (χ1n) is 9.20. The van der Waals surface area contributed by atoms with Gasteiger partial charge in [0.05, 0.1) is 18.2 Å². The molecule has 0 bridgehead atoms. The van der Waals surface area contributed by atoms with Crippen LogP contribution in [-0.2, 0) is 14.4 Å². The summed E-state index contributed by atoms with van der Waals surface area (Å²) in [6, 6.07) is 15.4. The SMILES string of the molecule is CC[NH+](CC(=O)Nc1ccc(C#N)cc1)CC(=O)Nc1ccc(NC(C)=O)cc1. The molecule has 0 aromatic heterocycles. The highest BCUT2D eigenvalue weighted by atomic mass is 16.2. The lowest BCUT2D eigenvalue weighted by Gasteiger charge is -2.17. The first kappa shape index (κ1) is 21.6. The molecule has 0 spiro atoms. The van der Waals surface area contributed by atoms with Crippen molar-refractivity contribution in [1.82, 2.24) is 0 Å². The van der Waals surface area contributed by atoms with Crippen LogP contribution >= 0.6 is 0 Å². The molecule has 0 aliphatic heterocycles. The van der Waals surface area contributed by atoms with Gasteiger partial charge in [0.25, 0.3) is 11.8 Å². The average Bonchev–Trinajstić information content (AvgIpc) is 2.69. The van der Waals surface area contributed by atoms with Crippen molar-refractivity contribution in [2.45, 2.75) is 13.8 Å². The molecule has 0 radical (unpaired) electrons. The van der Waals surface area contributed by atoms with Gasteiger partial charge in [-0.25, -0.2) is 0 Å². The quantitative estimate of drug-likeness (QED) is 0.535. The van der Waals surface area contributed by atoms with Gasteiger partial charge in [0.2, 0.25) is 5.91 Å². The Bertz CT molecular complexity index is 901. The van der Waals surface area contributed by atoms with Crippen LogP contribution in [0.1, 0.15) is 19.4 Å². The number of carbonyl (C=O) groups is 3. The maximum Gasteiger partial charge on any atom is 0.279 e. The van der Waals surface area contributed by atoms with E-state index in [1.54, 1.807) is 48.5 Å². The zero-order chi connectivity index (χ0) is 21.2. The summed E-state index contributed by atoms with van der Waals surface area (Å²) in [5, 5.41) is 17.0. The van der Waals surface area contributed by atoms with Gasteiger partial charge in [0.15, 0.2) is 13.1 Å². The van der Waals surface area contributed by atoms with Crippen molar-refractivity contribution in [2.75, 3.05) is 35.6 Å². The van der Waals surface area contributed by atoms with Gasteiger partial charge in [-0.3, -0.25) is 14.4 Å². The molecule has 150 valence electrons. The molecule has 29 heavy (non-hydrogen) atoms. The van der Waals surface area contributed by atoms with Crippen LogP contribution in [0.2, 0.25) is 0 Å². The van der Waals surface area contributed by atoms with Crippen molar-refractivity contribution in [3.05, 3.63) is 54.1 Å². The molecule has 8 nitrogen and oxygen atoms in total. The molecular formula is C21H24N5O3+. The second-order valence-electron chi connectivity index (χ2n) is 6.50. The number of nitrogens with one attached hydrogen (secondary N) is 4. The average molecular weight is 394 g/mol. The van der Waals surface area contributed by atoms with Crippen molar-refractivity contribution in [1.29, 1.82) is 5.26 Å². The van der Waals surface area contributed by atoms with E-state index in [1.165, 1.54) is 6.92 Å². The number of hydrogen-bond acceptors (Lipinski definition) is 4. The van der Waals surface area contributed by atoms with Crippen molar-refractivity contribution >= 4 is 34.8 Å². The molecule has 0 saturated carbocycles. The molecule has 0 fully saturated rings. The van der Waals surface area contributed by atoms with Gasteiger partial charge in [0, 0.05) is 24.0 Å². The van der Waals surface area contributed by atoms with Crippen LogP contribution in [0.15, 0.2) is 48.5 Å². The van der Waals surface area contributed by atoms with Crippen LogP contribution in [0, 0.1) is 11.3 Å². The first-order chi connectivity index (χ1) is 13.9. The van der Waals surface area contributed by atoms with Gasteiger partial charge in [-0.05, 0) is 55.5 Å². The van der Waals surface area contributed by atoms with E-state index in [-0.39, 0.29) is 30.8 Å². The molecule has 0 aliphatic rings. The van der Waals surface area contributed by atoms with E-state index < -0.39 is 0 Å². The van der Waals surface area contributed by atoms with Gasteiger partial charge in [0.1, 0.15) is 0 Å². The summed E-state index contributed by atoms with van der Waals surface area (Å²) in [4.78, 5) is 36.4. The number of benzene rings is 2. The smallest absolute Gasteiger partial charge is 0.279 e. The Morgan fingerprint density at radius 3 is 1.62 bits per heavy atom. The molecule has 3 amide bonds. The predicted molar refractivity (Wildman–Crippen MR) is 110 cm³/mol. The highest BCUT2D eigenvalue weighted by Crippen LogP contribution is 2.13. The van der Waals surface area contributed by atoms with E-state index in [1.807, 2.05) is 13.0 Å². The van der Waals surface area contributed by atoms with Crippen molar-refractivity contribution in [2.24, 2.45) is 0 Å². The Morgan fingerprint density at radius 1 is 0.828 bits per heavy atom. The Morgan fingerprint density at radius 2 is 1.24 bits per heavy atom. The Kier molecular flexibility index (Phi) is 7.88. The Balaban J connectivity index is 1.84. The van der Waals surface area contributed by atoms with Crippen molar-refractivity contribution < 1.29 is 19.3 Å². The van der Waals surface area contributed by atoms with Crippen molar-refractivity contribution in [3.8, 4) is 6.07 Å². The van der Waals surface area contributed by atoms with E-state index in [0.717, 1.165) is 4.90 Å². The summed E-state index contributed by atoms with van der Waals surface area (Å²) in [7, 11) is 0. The third-order valence-electron chi connectivity index (χ3n) is 4.11. The molecular weight excluding hydrogens is 370 g/mol. The topological polar surface area (TPSA) is 116 Å². The van der Waals surface area contributed by atoms with Crippen molar-refractivity contribution in [3.63, 3.8) is 0 Å². The number of likely N-dealkylation sites (N-methyl/N-ethyl adjacent to an activating group) is 1. The number of amides is 3. The fourth-order valence-electron chi connectivity index (χ4n) is 2.65. The summed E-state index contributed by atoms with van der Waals surface area (Å²) in [5.74, 6) is -0.581. The predicted octanol–water partition coefficient (Wildman–Crippen LogP) is 0.999. The van der Waals surface area contributed by atoms with Crippen LogP contribution in [0.5, 0.6) is 0 Å². The van der Waals surface area contributed by atoms with Gasteiger partial charge in [-0.15, -0.1) is 0 Å². The monoisotopic (exact) mass is 394 g/mol. The minimum atomic E-state index is -0.209. The minimum absolute atomic E-state index is 0.144. The number of nitrogens with zero attached hydrogens (tertiary/aromatic N) is 1. The Labute approximate surface area is 169 Å². The molecule has 2 rings (SSSR count). The molecule has 2 aromatic carbocycles. The number of quaternary nitrogens is 1. The molecule has 1 unspecified atom stereocenters. The number of nitriles is 1. The van der Waals surface area contributed by atoms with Crippen LogP contribution in [0.4, 0.5) is 17.1 Å². The second kappa shape index (κ2) is 10.6. The third-order valence-corrected chi connectivity index (χ3v) is 4.11. The number of anilines is 3. The molecule has 8 heteroatoms. The van der Waals surface area contributed by atoms with Crippen LogP contribution in [0.3, 0.4) is 0 Å².